The lowest BCUT2D eigenvalue weighted by Crippen LogP contribution is -2.41. The summed E-state index contributed by atoms with van der Waals surface area (Å²) in [6.07, 6.45) is 0. The van der Waals surface area contributed by atoms with E-state index in [9.17, 15) is 4.79 Å². The first kappa shape index (κ1) is 20.2. The van der Waals surface area contributed by atoms with E-state index in [4.69, 9.17) is 33.9 Å². The molecule has 0 aliphatic heterocycles. The zero-order valence-corrected chi connectivity index (χ0v) is 17.7. The van der Waals surface area contributed by atoms with Crippen LogP contribution in [0, 0.1) is 13.8 Å². The first-order valence-electron chi connectivity index (χ1n) is 8.90. The largest absolute Gasteiger partial charge is 0.350 e. The lowest BCUT2D eigenvalue weighted by molar-refractivity contribution is 0.255. The Hall–Kier alpha value is -2.50. The van der Waals surface area contributed by atoms with E-state index in [1.807, 2.05) is 19.1 Å². The molecule has 0 saturated heterocycles. The fourth-order valence-electron chi connectivity index (χ4n) is 3.21. The third-order valence-electron chi connectivity index (χ3n) is 4.56. The molecule has 5 nitrogen and oxygen atoms in total. The van der Waals surface area contributed by atoms with Gasteiger partial charge in [0.2, 0.25) is 0 Å². The second-order valence-electron chi connectivity index (χ2n) is 7.09. The number of urea groups is 1. The number of primary amides is 1. The molecule has 1 aromatic heterocycles. The molecule has 0 fully saturated rings. The number of nitrogens with one attached hydrogen (secondary N) is 1. The molecule has 2 amide bonds. The summed E-state index contributed by atoms with van der Waals surface area (Å²) in [5.74, 6) is 0.647. The highest BCUT2D eigenvalue weighted by molar-refractivity contribution is 6.35. The molecule has 28 heavy (non-hydrogen) atoms. The Balaban J connectivity index is 2.18. The van der Waals surface area contributed by atoms with Gasteiger partial charge >= 0.3 is 6.03 Å². The van der Waals surface area contributed by atoms with Gasteiger partial charge in [-0.3, -0.25) is 5.43 Å². The van der Waals surface area contributed by atoms with E-state index in [0.29, 0.717) is 21.6 Å². The molecule has 0 bridgehead atoms. The number of pyridine rings is 1. The topological polar surface area (TPSA) is 71.2 Å². The number of benzene rings is 2. The van der Waals surface area contributed by atoms with Crippen molar-refractivity contribution >= 4 is 51.6 Å². The number of rotatable bonds is 4. The molecule has 7 heteroatoms. The number of nitrogens with zero attached hydrogens (tertiary/aromatic N) is 2. The van der Waals surface area contributed by atoms with Gasteiger partial charge in [-0.15, -0.1) is 0 Å². The number of fused-ring (bicyclic) bond motifs is 1. The van der Waals surface area contributed by atoms with Crippen LogP contribution < -0.4 is 16.2 Å². The standard InChI is InChI=1S/C21H22Cl2N4O/c1-11(2)17-10-18(25-20-13(4)6-5-12(3)19(17)20)27(21(24)28)26-16-8-14(22)7-15(23)9-16/h5-11,26H,1-4H3,(H2,24,28). The third kappa shape index (κ3) is 4.01. The summed E-state index contributed by atoms with van der Waals surface area (Å²) >= 11 is 12.1. The van der Waals surface area contributed by atoms with E-state index in [1.165, 1.54) is 5.01 Å². The number of halogens is 2. The van der Waals surface area contributed by atoms with Crippen LogP contribution in [0.3, 0.4) is 0 Å². The lowest BCUT2D eigenvalue weighted by atomic mass is 9.94. The van der Waals surface area contributed by atoms with Gasteiger partial charge in [0.15, 0.2) is 5.82 Å². The van der Waals surface area contributed by atoms with Crippen LogP contribution in [0.1, 0.15) is 36.5 Å². The molecule has 0 radical (unpaired) electrons. The van der Waals surface area contributed by atoms with Gasteiger partial charge < -0.3 is 5.73 Å². The van der Waals surface area contributed by atoms with E-state index >= 15 is 0 Å². The van der Waals surface area contributed by atoms with Gasteiger partial charge in [0.25, 0.3) is 0 Å². The van der Waals surface area contributed by atoms with Crippen molar-refractivity contribution in [1.82, 2.24) is 4.98 Å². The summed E-state index contributed by atoms with van der Waals surface area (Å²) in [6, 6.07) is 10.2. The van der Waals surface area contributed by atoms with Crippen molar-refractivity contribution in [1.29, 1.82) is 0 Å². The minimum atomic E-state index is -0.692. The number of hydrazine groups is 1. The van der Waals surface area contributed by atoms with Gasteiger partial charge in [0.05, 0.1) is 11.2 Å². The number of amides is 2. The number of aromatic nitrogens is 1. The van der Waals surface area contributed by atoms with Crippen LogP contribution in [0.5, 0.6) is 0 Å². The molecule has 0 spiro atoms. The predicted molar refractivity (Wildman–Crippen MR) is 117 cm³/mol. The summed E-state index contributed by atoms with van der Waals surface area (Å²) in [7, 11) is 0. The van der Waals surface area contributed by atoms with Crippen molar-refractivity contribution in [2.75, 3.05) is 10.4 Å². The first-order valence-corrected chi connectivity index (χ1v) is 9.66. The van der Waals surface area contributed by atoms with E-state index < -0.39 is 6.03 Å². The minimum absolute atomic E-state index is 0.236. The molecule has 3 N–H and O–H groups in total. The van der Waals surface area contributed by atoms with Crippen molar-refractivity contribution in [2.24, 2.45) is 5.73 Å². The van der Waals surface area contributed by atoms with E-state index in [0.717, 1.165) is 27.6 Å². The molecule has 3 aromatic rings. The molecule has 0 aliphatic carbocycles. The Morgan fingerprint density at radius 3 is 2.25 bits per heavy atom. The second-order valence-corrected chi connectivity index (χ2v) is 7.96. The Bertz CT molecular complexity index is 1050. The van der Waals surface area contributed by atoms with Crippen LogP contribution in [0.15, 0.2) is 36.4 Å². The van der Waals surface area contributed by atoms with Crippen molar-refractivity contribution in [3.63, 3.8) is 0 Å². The summed E-state index contributed by atoms with van der Waals surface area (Å²) in [6.45, 7) is 8.28. The van der Waals surface area contributed by atoms with Crippen LogP contribution in [0.4, 0.5) is 16.3 Å². The number of carbonyl (C=O) groups excluding carboxylic acids is 1. The molecular weight excluding hydrogens is 395 g/mol. The van der Waals surface area contributed by atoms with Gasteiger partial charge in [0, 0.05) is 15.4 Å². The number of aryl methyl sites for hydroxylation is 2. The maximum atomic E-state index is 12.2. The number of hydrogen-bond acceptors (Lipinski definition) is 3. The molecule has 0 atom stereocenters. The Kier molecular flexibility index (Phi) is 5.68. The average molecular weight is 417 g/mol. The van der Waals surface area contributed by atoms with Gasteiger partial charge in [-0.25, -0.2) is 9.78 Å². The number of anilines is 2. The maximum Gasteiger partial charge on any atom is 0.339 e. The maximum absolute atomic E-state index is 12.2. The molecule has 0 unspecified atom stereocenters. The van der Waals surface area contributed by atoms with Crippen LogP contribution in [0.25, 0.3) is 10.9 Å². The highest BCUT2D eigenvalue weighted by atomic mass is 35.5. The second kappa shape index (κ2) is 7.86. The molecule has 0 saturated carbocycles. The number of hydrogen-bond donors (Lipinski definition) is 2. The molecular formula is C21H22Cl2N4O. The Morgan fingerprint density at radius 2 is 1.68 bits per heavy atom. The summed E-state index contributed by atoms with van der Waals surface area (Å²) in [5, 5.41) is 3.20. The summed E-state index contributed by atoms with van der Waals surface area (Å²) < 4.78 is 0. The monoisotopic (exact) mass is 416 g/mol. The lowest BCUT2D eigenvalue weighted by Gasteiger charge is -2.24. The summed E-state index contributed by atoms with van der Waals surface area (Å²) in [5.41, 5.74) is 13.3. The number of carbonyl (C=O) groups is 1. The van der Waals surface area contributed by atoms with Crippen molar-refractivity contribution < 1.29 is 4.79 Å². The van der Waals surface area contributed by atoms with Crippen LogP contribution in [-0.2, 0) is 0 Å². The average Bonchev–Trinajstić information content (AvgIpc) is 2.61. The van der Waals surface area contributed by atoms with E-state index in [1.54, 1.807) is 18.2 Å². The molecule has 2 aromatic carbocycles. The zero-order valence-electron chi connectivity index (χ0n) is 16.2. The van der Waals surface area contributed by atoms with Gasteiger partial charge in [-0.05, 0) is 60.7 Å². The van der Waals surface area contributed by atoms with Gasteiger partial charge in [0.1, 0.15) is 0 Å². The minimum Gasteiger partial charge on any atom is -0.350 e. The SMILES string of the molecule is Cc1ccc(C)c2c(C(C)C)cc(N(Nc3cc(Cl)cc(Cl)c3)C(N)=O)nc12. The smallest absolute Gasteiger partial charge is 0.339 e. The van der Waals surface area contributed by atoms with Crippen molar-refractivity contribution in [2.45, 2.75) is 33.6 Å². The Morgan fingerprint density at radius 1 is 1.07 bits per heavy atom. The molecule has 1 heterocycles. The normalized spacial score (nSPS) is 11.1. The number of nitrogens with two attached hydrogens (primary N) is 1. The van der Waals surface area contributed by atoms with Crippen molar-refractivity contribution in [3.05, 3.63) is 63.1 Å². The quantitative estimate of drug-likeness (QED) is 0.497. The highest BCUT2D eigenvalue weighted by Gasteiger charge is 2.20. The molecule has 146 valence electrons. The van der Waals surface area contributed by atoms with Crippen LogP contribution in [-0.4, -0.2) is 11.0 Å². The van der Waals surface area contributed by atoms with Crippen LogP contribution >= 0.6 is 23.2 Å². The zero-order chi connectivity index (χ0) is 20.6. The third-order valence-corrected chi connectivity index (χ3v) is 5.00. The first-order chi connectivity index (χ1) is 13.2. The fraction of sp³-hybridized carbons (Fsp3) is 0.238. The highest BCUT2D eigenvalue weighted by Crippen LogP contribution is 2.33. The van der Waals surface area contributed by atoms with E-state index in [2.05, 4.69) is 32.3 Å². The van der Waals surface area contributed by atoms with Crippen LogP contribution in [0.2, 0.25) is 10.0 Å². The fourth-order valence-corrected chi connectivity index (χ4v) is 3.73. The molecule has 0 aliphatic rings. The molecule has 3 rings (SSSR count). The van der Waals surface area contributed by atoms with Crippen molar-refractivity contribution in [3.8, 4) is 0 Å². The van der Waals surface area contributed by atoms with E-state index in [-0.39, 0.29) is 5.92 Å². The van der Waals surface area contributed by atoms with Gasteiger partial charge in [-0.1, -0.05) is 49.2 Å². The summed E-state index contributed by atoms with van der Waals surface area (Å²) in [4.78, 5) is 17.0. The predicted octanol–water partition coefficient (Wildman–Crippen LogP) is 6.19. The Labute approximate surface area is 174 Å². The van der Waals surface area contributed by atoms with Gasteiger partial charge in [-0.2, -0.15) is 5.01 Å².